The highest BCUT2D eigenvalue weighted by Crippen LogP contribution is 2.28. The lowest BCUT2D eigenvalue weighted by Crippen LogP contribution is -2.59. The molecule has 0 aromatic heterocycles. The van der Waals surface area contributed by atoms with Crippen molar-refractivity contribution in [3.63, 3.8) is 0 Å². The van der Waals surface area contributed by atoms with E-state index in [2.05, 4.69) is 26.1 Å². The van der Waals surface area contributed by atoms with Crippen LogP contribution in [0.4, 0.5) is 0 Å². The number of rotatable bonds is 5. The molecule has 90 valence electrons. The standard InChI is InChI=1S/C12H25NO2/c1-12(2,3)6-7-15-10-8-9(13-4)11(10)14-5/h9-11,13H,6-8H2,1-5H3. The zero-order chi connectivity index (χ0) is 11.5. The molecule has 0 heterocycles. The first kappa shape index (κ1) is 12.9. The van der Waals surface area contributed by atoms with Crippen molar-refractivity contribution in [2.75, 3.05) is 20.8 Å². The van der Waals surface area contributed by atoms with E-state index < -0.39 is 0 Å². The molecule has 0 bridgehead atoms. The van der Waals surface area contributed by atoms with Gasteiger partial charge in [-0.3, -0.25) is 0 Å². The molecular weight excluding hydrogens is 190 g/mol. The summed E-state index contributed by atoms with van der Waals surface area (Å²) in [6.07, 6.45) is 2.69. The molecule has 0 saturated heterocycles. The maximum absolute atomic E-state index is 5.82. The number of methoxy groups -OCH3 is 1. The van der Waals surface area contributed by atoms with Gasteiger partial charge in [-0.2, -0.15) is 0 Å². The minimum Gasteiger partial charge on any atom is -0.377 e. The summed E-state index contributed by atoms with van der Waals surface area (Å²) < 4.78 is 11.2. The second-order valence-corrected chi connectivity index (χ2v) is 5.55. The summed E-state index contributed by atoms with van der Waals surface area (Å²) in [6.45, 7) is 7.55. The summed E-state index contributed by atoms with van der Waals surface area (Å²) in [5, 5.41) is 3.23. The maximum atomic E-state index is 5.82. The van der Waals surface area contributed by atoms with Gasteiger partial charge in [0.2, 0.25) is 0 Å². The number of likely N-dealkylation sites (N-methyl/N-ethyl adjacent to an activating group) is 1. The van der Waals surface area contributed by atoms with Gasteiger partial charge in [0.05, 0.1) is 12.2 Å². The predicted octanol–water partition coefficient (Wildman–Crippen LogP) is 1.81. The molecule has 0 aliphatic heterocycles. The Morgan fingerprint density at radius 1 is 1.33 bits per heavy atom. The molecule has 3 heteroatoms. The number of ether oxygens (including phenoxy) is 2. The Labute approximate surface area is 93.5 Å². The SMILES string of the molecule is CNC1CC(OCCC(C)(C)C)C1OC. The van der Waals surface area contributed by atoms with Gasteiger partial charge in [-0.1, -0.05) is 20.8 Å². The molecule has 3 nitrogen and oxygen atoms in total. The van der Waals surface area contributed by atoms with E-state index in [1.807, 2.05) is 7.05 Å². The summed E-state index contributed by atoms with van der Waals surface area (Å²) in [4.78, 5) is 0. The predicted molar refractivity (Wildman–Crippen MR) is 62.1 cm³/mol. The molecule has 0 aromatic carbocycles. The summed E-state index contributed by atoms with van der Waals surface area (Å²) in [5.41, 5.74) is 0.356. The summed E-state index contributed by atoms with van der Waals surface area (Å²) in [6, 6.07) is 0.467. The quantitative estimate of drug-likeness (QED) is 0.759. The molecule has 15 heavy (non-hydrogen) atoms. The van der Waals surface area contributed by atoms with Crippen molar-refractivity contribution in [2.24, 2.45) is 5.41 Å². The lowest BCUT2D eigenvalue weighted by molar-refractivity contribution is -0.135. The first-order valence-corrected chi connectivity index (χ1v) is 5.79. The van der Waals surface area contributed by atoms with Crippen molar-refractivity contribution in [1.82, 2.24) is 5.32 Å². The summed E-state index contributed by atoms with van der Waals surface area (Å²) in [5.74, 6) is 0. The molecule has 1 saturated carbocycles. The minimum atomic E-state index is 0.231. The fourth-order valence-corrected chi connectivity index (χ4v) is 1.86. The molecule has 0 aromatic rings. The van der Waals surface area contributed by atoms with Gasteiger partial charge >= 0.3 is 0 Å². The van der Waals surface area contributed by atoms with Crippen LogP contribution in [0.2, 0.25) is 0 Å². The van der Waals surface area contributed by atoms with Gasteiger partial charge in [0, 0.05) is 19.8 Å². The van der Waals surface area contributed by atoms with E-state index in [9.17, 15) is 0 Å². The molecule has 0 amide bonds. The largest absolute Gasteiger partial charge is 0.377 e. The van der Waals surface area contributed by atoms with Crippen LogP contribution in [-0.4, -0.2) is 39.0 Å². The van der Waals surface area contributed by atoms with Crippen molar-refractivity contribution in [2.45, 2.75) is 51.9 Å². The topological polar surface area (TPSA) is 30.5 Å². The monoisotopic (exact) mass is 215 g/mol. The second-order valence-electron chi connectivity index (χ2n) is 5.55. The minimum absolute atomic E-state index is 0.231. The van der Waals surface area contributed by atoms with E-state index in [1.165, 1.54) is 0 Å². The highest BCUT2D eigenvalue weighted by molar-refractivity contribution is 4.96. The van der Waals surface area contributed by atoms with E-state index >= 15 is 0 Å². The van der Waals surface area contributed by atoms with Crippen LogP contribution in [0.3, 0.4) is 0 Å². The van der Waals surface area contributed by atoms with Crippen LogP contribution in [0, 0.1) is 5.41 Å². The number of hydrogen-bond acceptors (Lipinski definition) is 3. The van der Waals surface area contributed by atoms with Gasteiger partial charge in [-0.25, -0.2) is 0 Å². The van der Waals surface area contributed by atoms with Gasteiger partial charge < -0.3 is 14.8 Å². The molecular formula is C12H25NO2. The van der Waals surface area contributed by atoms with Crippen molar-refractivity contribution in [3.8, 4) is 0 Å². The molecule has 0 radical (unpaired) electrons. The number of hydrogen-bond donors (Lipinski definition) is 1. The van der Waals surface area contributed by atoms with Crippen molar-refractivity contribution in [3.05, 3.63) is 0 Å². The average Bonchev–Trinajstić information content (AvgIpc) is 2.08. The molecule has 1 aliphatic carbocycles. The molecule has 0 spiro atoms. The molecule has 1 fully saturated rings. The van der Waals surface area contributed by atoms with Crippen LogP contribution in [-0.2, 0) is 9.47 Å². The van der Waals surface area contributed by atoms with Gasteiger partial charge in [-0.05, 0) is 25.3 Å². The van der Waals surface area contributed by atoms with E-state index in [0.717, 1.165) is 19.4 Å². The third-order valence-corrected chi connectivity index (χ3v) is 3.08. The maximum Gasteiger partial charge on any atom is 0.0986 e. The fraction of sp³-hybridized carbons (Fsp3) is 1.00. The first-order valence-electron chi connectivity index (χ1n) is 5.79. The Hall–Kier alpha value is -0.120. The van der Waals surface area contributed by atoms with Crippen LogP contribution >= 0.6 is 0 Å². The van der Waals surface area contributed by atoms with Gasteiger partial charge in [0.15, 0.2) is 0 Å². The van der Waals surface area contributed by atoms with E-state index in [1.54, 1.807) is 7.11 Å². The van der Waals surface area contributed by atoms with Gasteiger partial charge in [-0.15, -0.1) is 0 Å². The van der Waals surface area contributed by atoms with Crippen LogP contribution in [0.15, 0.2) is 0 Å². The Morgan fingerprint density at radius 3 is 2.47 bits per heavy atom. The molecule has 3 atom stereocenters. The summed E-state index contributed by atoms with van der Waals surface area (Å²) in [7, 11) is 3.73. The van der Waals surface area contributed by atoms with Crippen molar-refractivity contribution in [1.29, 1.82) is 0 Å². The average molecular weight is 215 g/mol. The van der Waals surface area contributed by atoms with Crippen LogP contribution < -0.4 is 5.32 Å². The molecule has 1 aliphatic rings. The van der Waals surface area contributed by atoms with E-state index in [-0.39, 0.29) is 12.2 Å². The molecule has 1 N–H and O–H groups in total. The first-order chi connectivity index (χ1) is 6.98. The molecule has 3 unspecified atom stereocenters. The Bertz CT molecular complexity index is 189. The highest BCUT2D eigenvalue weighted by Gasteiger charge is 2.41. The van der Waals surface area contributed by atoms with Crippen molar-refractivity contribution < 1.29 is 9.47 Å². The lowest BCUT2D eigenvalue weighted by Gasteiger charge is -2.43. The lowest BCUT2D eigenvalue weighted by atomic mass is 9.85. The van der Waals surface area contributed by atoms with Crippen LogP contribution in [0.1, 0.15) is 33.6 Å². The fourth-order valence-electron chi connectivity index (χ4n) is 1.86. The Kier molecular flexibility index (Phi) is 4.56. The van der Waals surface area contributed by atoms with E-state index in [4.69, 9.17) is 9.47 Å². The Morgan fingerprint density at radius 2 is 2.00 bits per heavy atom. The van der Waals surface area contributed by atoms with E-state index in [0.29, 0.717) is 11.5 Å². The van der Waals surface area contributed by atoms with Gasteiger partial charge in [0.25, 0.3) is 0 Å². The third kappa shape index (κ3) is 3.74. The van der Waals surface area contributed by atoms with Crippen molar-refractivity contribution >= 4 is 0 Å². The zero-order valence-corrected chi connectivity index (χ0v) is 10.7. The smallest absolute Gasteiger partial charge is 0.0986 e. The highest BCUT2D eigenvalue weighted by atomic mass is 16.5. The Balaban J connectivity index is 2.18. The van der Waals surface area contributed by atoms with Crippen LogP contribution in [0.5, 0.6) is 0 Å². The third-order valence-electron chi connectivity index (χ3n) is 3.08. The van der Waals surface area contributed by atoms with Crippen LogP contribution in [0.25, 0.3) is 0 Å². The second kappa shape index (κ2) is 5.28. The number of nitrogens with one attached hydrogen (secondary N) is 1. The zero-order valence-electron chi connectivity index (χ0n) is 10.7. The normalized spacial score (nSPS) is 31.4. The summed E-state index contributed by atoms with van der Waals surface area (Å²) >= 11 is 0. The molecule has 1 rings (SSSR count). The van der Waals surface area contributed by atoms with Gasteiger partial charge in [0.1, 0.15) is 0 Å².